The molecule has 0 radical (unpaired) electrons. The van der Waals surface area contributed by atoms with Gasteiger partial charge in [-0.1, -0.05) is 55.8 Å². The Kier molecular flexibility index (Phi) is 5.59. The monoisotopic (exact) mass is 248 g/mol. The lowest BCUT2D eigenvalue weighted by Gasteiger charge is -2.22. The van der Waals surface area contributed by atoms with Gasteiger partial charge in [-0.05, 0) is 12.0 Å². The molecule has 0 amide bonds. The van der Waals surface area contributed by atoms with Crippen LogP contribution in [-0.4, -0.2) is 23.8 Å². The number of carbonyl (C=O) groups is 1. The Morgan fingerprint density at radius 1 is 1.39 bits per heavy atom. The molecule has 0 saturated heterocycles. The van der Waals surface area contributed by atoms with Crippen LogP contribution in [0.4, 0.5) is 0 Å². The second kappa shape index (κ2) is 6.97. The minimum Gasteiger partial charge on any atom is -0.469 e. The number of esters is 1. The Morgan fingerprint density at radius 3 is 2.61 bits per heavy atom. The average molecular weight is 248 g/mol. The summed E-state index contributed by atoms with van der Waals surface area (Å²) in [5, 5.41) is 10.4. The fraction of sp³-hybridized carbons (Fsp3) is 0.400. The van der Waals surface area contributed by atoms with Gasteiger partial charge in [0, 0.05) is 0 Å². The van der Waals surface area contributed by atoms with Gasteiger partial charge in [0.2, 0.25) is 0 Å². The molecule has 0 aromatic heterocycles. The van der Waals surface area contributed by atoms with Gasteiger partial charge in [0.1, 0.15) is 0 Å². The van der Waals surface area contributed by atoms with E-state index in [9.17, 15) is 9.90 Å². The Balaban J connectivity index is 2.78. The predicted octanol–water partition coefficient (Wildman–Crippen LogP) is 2.79. The van der Waals surface area contributed by atoms with E-state index >= 15 is 0 Å². The van der Waals surface area contributed by atoms with Crippen molar-refractivity contribution in [3.05, 3.63) is 42.0 Å². The van der Waals surface area contributed by atoms with Crippen molar-refractivity contribution in [3.8, 4) is 0 Å². The lowest BCUT2D eigenvalue weighted by atomic mass is 9.93. The van der Waals surface area contributed by atoms with E-state index in [-0.39, 0.29) is 6.42 Å². The molecule has 0 fully saturated rings. The van der Waals surface area contributed by atoms with Crippen molar-refractivity contribution in [3.63, 3.8) is 0 Å². The maximum atomic E-state index is 11.3. The molecule has 0 aliphatic heterocycles. The Labute approximate surface area is 108 Å². The summed E-state index contributed by atoms with van der Waals surface area (Å²) in [5.41, 5.74) is -0.130. The number of benzene rings is 1. The van der Waals surface area contributed by atoms with Crippen molar-refractivity contribution in [1.29, 1.82) is 0 Å². The van der Waals surface area contributed by atoms with Gasteiger partial charge < -0.3 is 9.84 Å². The minimum absolute atomic E-state index is 0.0132. The molecule has 1 rings (SSSR count). The number of ether oxygens (including phenoxy) is 1. The van der Waals surface area contributed by atoms with Crippen molar-refractivity contribution in [2.24, 2.45) is 0 Å². The summed E-state index contributed by atoms with van der Waals surface area (Å²) < 4.78 is 4.61. The SMILES string of the molecule is CCCC(O)(C=Cc1ccccc1)CC(=O)OC. The Bertz CT molecular complexity index is 397. The highest BCUT2D eigenvalue weighted by Gasteiger charge is 2.26. The maximum Gasteiger partial charge on any atom is 0.308 e. The molecular weight excluding hydrogens is 228 g/mol. The zero-order chi connectivity index (χ0) is 13.4. The lowest BCUT2D eigenvalue weighted by Crippen LogP contribution is -2.29. The summed E-state index contributed by atoms with van der Waals surface area (Å²) in [6, 6.07) is 9.68. The zero-order valence-corrected chi connectivity index (χ0v) is 10.9. The van der Waals surface area contributed by atoms with Crippen LogP contribution in [0, 0.1) is 0 Å². The fourth-order valence-corrected chi connectivity index (χ4v) is 1.80. The molecule has 1 aromatic rings. The molecule has 3 heteroatoms. The Morgan fingerprint density at radius 2 is 2.06 bits per heavy atom. The molecule has 0 bridgehead atoms. The van der Waals surface area contributed by atoms with E-state index in [2.05, 4.69) is 4.74 Å². The van der Waals surface area contributed by atoms with Crippen LogP contribution in [0.3, 0.4) is 0 Å². The van der Waals surface area contributed by atoms with E-state index in [1.165, 1.54) is 7.11 Å². The standard InChI is InChI=1S/C15H20O3/c1-3-10-15(17,12-14(16)18-2)11-9-13-7-5-4-6-8-13/h4-9,11,17H,3,10,12H2,1-2H3. The van der Waals surface area contributed by atoms with Crippen LogP contribution >= 0.6 is 0 Å². The number of aliphatic hydroxyl groups is 1. The van der Waals surface area contributed by atoms with E-state index in [0.717, 1.165) is 12.0 Å². The summed E-state index contributed by atoms with van der Waals surface area (Å²) in [6.45, 7) is 1.97. The van der Waals surface area contributed by atoms with Crippen molar-refractivity contribution >= 4 is 12.0 Å². The molecule has 18 heavy (non-hydrogen) atoms. The molecule has 0 aliphatic carbocycles. The second-order valence-corrected chi connectivity index (χ2v) is 4.35. The first kappa shape index (κ1) is 14.5. The normalized spacial score (nSPS) is 14.4. The lowest BCUT2D eigenvalue weighted by molar-refractivity contribution is -0.144. The number of methoxy groups -OCH3 is 1. The van der Waals surface area contributed by atoms with Gasteiger partial charge in [-0.25, -0.2) is 0 Å². The van der Waals surface area contributed by atoms with E-state index < -0.39 is 11.6 Å². The van der Waals surface area contributed by atoms with E-state index in [0.29, 0.717) is 6.42 Å². The molecular formula is C15H20O3. The molecule has 0 aliphatic rings. The molecule has 98 valence electrons. The Hall–Kier alpha value is -1.61. The van der Waals surface area contributed by atoms with Gasteiger partial charge in [0.05, 0.1) is 19.1 Å². The molecule has 0 heterocycles. The molecule has 1 unspecified atom stereocenters. The molecule has 3 nitrogen and oxygen atoms in total. The third-order valence-electron chi connectivity index (χ3n) is 2.75. The first-order valence-electron chi connectivity index (χ1n) is 6.13. The van der Waals surface area contributed by atoms with Gasteiger partial charge >= 0.3 is 5.97 Å². The highest BCUT2D eigenvalue weighted by molar-refractivity contribution is 5.71. The maximum absolute atomic E-state index is 11.3. The van der Waals surface area contributed by atoms with Crippen LogP contribution in [0.1, 0.15) is 31.7 Å². The molecule has 0 spiro atoms. The van der Waals surface area contributed by atoms with Gasteiger partial charge in [-0.2, -0.15) is 0 Å². The molecule has 0 saturated carbocycles. The number of hydrogen-bond donors (Lipinski definition) is 1. The van der Waals surface area contributed by atoms with Crippen molar-refractivity contribution in [1.82, 2.24) is 0 Å². The van der Waals surface area contributed by atoms with Gasteiger partial charge in [0.15, 0.2) is 0 Å². The van der Waals surface area contributed by atoms with Crippen LogP contribution in [0.15, 0.2) is 36.4 Å². The highest BCUT2D eigenvalue weighted by atomic mass is 16.5. The topological polar surface area (TPSA) is 46.5 Å². The highest BCUT2D eigenvalue weighted by Crippen LogP contribution is 2.21. The van der Waals surface area contributed by atoms with Crippen molar-refractivity contribution in [2.75, 3.05) is 7.11 Å². The first-order valence-corrected chi connectivity index (χ1v) is 6.13. The number of rotatable bonds is 6. The van der Waals surface area contributed by atoms with Crippen LogP contribution in [0.25, 0.3) is 6.08 Å². The van der Waals surface area contributed by atoms with Gasteiger partial charge in [-0.3, -0.25) is 4.79 Å². The van der Waals surface area contributed by atoms with Crippen LogP contribution < -0.4 is 0 Å². The summed E-state index contributed by atoms with van der Waals surface area (Å²) >= 11 is 0. The summed E-state index contributed by atoms with van der Waals surface area (Å²) in [5.74, 6) is -0.399. The van der Waals surface area contributed by atoms with Crippen molar-refractivity contribution in [2.45, 2.75) is 31.8 Å². The number of carbonyl (C=O) groups excluding carboxylic acids is 1. The first-order chi connectivity index (χ1) is 8.59. The smallest absolute Gasteiger partial charge is 0.308 e. The summed E-state index contributed by atoms with van der Waals surface area (Å²) in [6.07, 6.45) is 4.83. The average Bonchev–Trinajstić information content (AvgIpc) is 2.38. The minimum atomic E-state index is -1.13. The van der Waals surface area contributed by atoms with Gasteiger partial charge in [-0.15, -0.1) is 0 Å². The quantitative estimate of drug-likeness (QED) is 0.787. The van der Waals surface area contributed by atoms with Gasteiger partial charge in [0.25, 0.3) is 0 Å². The molecule has 1 aromatic carbocycles. The fourth-order valence-electron chi connectivity index (χ4n) is 1.80. The largest absolute Gasteiger partial charge is 0.469 e. The summed E-state index contributed by atoms with van der Waals surface area (Å²) in [7, 11) is 1.33. The third-order valence-corrected chi connectivity index (χ3v) is 2.75. The predicted molar refractivity (Wildman–Crippen MR) is 72.0 cm³/mol. The summed E-state index contributed by atoms with van der Waals surface area (Å²) in [4.78, 5) is 11.3. The van der Waals surface area contributed by atoms with Crippen LogP contribution in [-0.2, 0) is 9.53 Å². The van der Waals surface area contributed by atoms with E-state index in [1.54, 1.807) is 6.08 Å². The van der Waals surface area contributed by atoms with E-state index in [1.807, 2.05) is 43.3 Å². The molecule has 1 N–H and O–H groups in total. The zero-order valence-electron chi connectivity index (χ0n) is 10.9. The van der Waals surface area contributed by atoms with Crippen LogP contribution in [0.2, 0.25) is 0 Å². The second-order valence-electron chi connectivity index (χ2n) is 4.35. The van der Waals surface area contributed by atoms with Crippen LogP contribution in [0.5, 0.6) is 0 Å². The third kappa shape index (κ3) is 4.72. The number of hydrogen-bond acceptors (Lipinski definition) is 3. The molecule has 1 atom stereocenters. The van der Waals surface area contributed by atoms with E-state index in [4.69, 9.17) is 0 Å². The van der Waals surface area contributed by atoms with Crippen molar-refractivity contribution < 1.29 is 14.6 Å².